The highest BCUT2D eigenvalue weighted by Gasteiger charge is 2.28. The minimum atomic E-state index is -0.290. The van der Waals surface area contributed by atoms with Gasteiger partial charge in [-0.15, -0.1) is 0 Å². The third-order valence-electron chi connectivity index (χ3n) is 4.91. The largest absolute Gasteiger partial charge is 0.459 e. The third kappa shape index (κ3) is 4.94. The number of hydrogen-bond acceptors (Lipinski definition) is 4. The predicted octanol–water partition coefficient (Wildman–Crippen LogP) is 3.99. The van der Waals surface area contributed by atoms with E-state index in [1.807, 2.05) is 55.9 Å². The lowest BCUT2D eigenvalue weighted by atomic mass is 10.1. The summed E-state index contributed by atoms with van der Waals surface area (Å²) in [5.74, 6) is 0.725. The molecular formula is C22H29N3O3. The van der Waals surface area contributed by atoms with Gasteiger partial charge in [-0.2, -0.15) is 0 Å². The van der Waals surface area contributed by atoms with Crippen LogP contribution in [0, 0.1) is 11.8 Å². The van der Waals surface area contributed by atoms with Crippen LogP contribution in [0.2, 0.25) is 0 Å². The first-order chi connectivity index (χ1) is 13.3. The van der Waals surface area contributed by atoms with Crippen LogP contribution in [0.1, 0.15) is 42.8 Å². The van der Waals surface area contributed by atoms with E-state index in [4.69, 9.17) is 4.42 Å². The van der Waals surface area contributed by atoms with Crippen molar-refractivity contribution in [1.29, 1.82) is 0 Å². The maximum absolute atomic E-state index is 12.7. The lowest BCUT2D eigenvalue weighted by Gasteiger charge is -2.27. The quantitative estimate of drug-likeness (QED) is 0.748. The van der Waals surface area contributed by atoms with Crippen LogP contribution in [0.5, 0.6) is 0 Å². The molecule has 0 unspecified atom stereocenters. The summed E-state index contributed by atoms with van der Waals surface area (Å²) >= 11 is 0. The van der Waals surface area contributed by atoms with Gasteiger partial charge in [-0.1, -0.05) is 13.8 Å². The van der Waals surface area contributed by atoms with Crippen LogP contribution < -0.4 is 10.2 Å². The minimum absolute atomic E-state index is 0.0385. The van der Waals surface area contributed by atoms with Crippen molar-refractivity contribution in [1.82, 2.24) is 4.90 Å². The van der Waals surface area contributed by atoms with Crippen LogP contribution in [0.25, 0.3) is 0 Å². The van der Waals surface area contributed by atoms with Gasteiger partial charge in [-0.05, 0) is 54.7 Å². The van der Waals surface area contributed by atoms with Crippen molar-refractivity contribution in [3.05, 3.63) is 47.9 Å². The molecule has 3 rings (SSSR count). The molecule has 28 heavy (non-hydrogen) atoms. The van der Waals surface area contributed by atoms with Crippen LogP contribution in [0.4, 0.5) is 11.4 Å². The normalized spacial score (nSPS) is 13.5. The number of nitrogens with zero attached hydrogens (tertiary/aromatic N) is 2. The topological polar surface area (TPSA) is 65.8 Å². The number of nitrogens with one attached hydrogen (secondary N) is 1. The standard InChI is InChI=1S/C22H29N3O3/c1-15(2)22(27)25(13-16-7-8-16)14-17-12-18(9-10-19(17)24(3)4)23-21(26)20-6-5-11-28-20/h5-6,9-12,15-16H,7-8,13-14H2,1-4H3,(H,23,26). The molecule has 1 aliphatic rings. The lowest BCUT2D eigenvalue weighted by Crippen LogP contribution is -2.35. The Bertz CT molecular complexity index is 824. The molecule has 0 spiro atoms. The molecule has 0 aliphatic heterocycles. The van der Waals surface area contributed by atoms with Gasteiger partial charge >= 0.3 is 0 Å². The van der Waals surface area contributed by atoms with Crippen LogP contribution in [-0.2, 0) is 11.3 Å². The Morgan fingerprint density at radius 1 is 1.21 bits per heavy atom. The highest BCUT2D eigenvalue weighted by atomic mass is 16.3. The van der Waals surface area contributed by atoms with Gasteiger partial charge in [-0.25, -0.2) is 0 Å². The SMILES string of the molecule is CC(C)C(=O)N(Cc1cc(NC(=O)c2ccco2)ccc1N(C)C)CC1CC1. The average Bonchev–Trinajstić information content (AvgIpc) is 3.29. The number of carbonyl (C=O) groups is 2. The Balaban J connectivity index is 1.83. The maximum Gasteiger partial charge on any atom is 0.291 e. The average molecular weight is 383 g/mol. The van der Waals surface area contributed by atoms with Crippen molar-refractivity contribution in [3.63, 3.8) is 0 Å². The summed E-state index contributed by atoms with van der Waals surface area (Å²) in [6.07, 6.45) is 3.87. The van der Waals surface area contributed by atoms with Gasteiger partial charge in [-0.3, -0.25) is 9.59 Å². The van der Waals surface area contributed by atoms with Gasteiger partial charge in [0.05, 0.1) is 6.26 Å². The highest BCUT2D eigenvalue weighted by Crippen LogP contribution is 2.32. The molecule has 0 bridgehead atoms. The molecule has 1 aromatic heterocycles. The number of hydrogen-bond donors (Lipinski definition) is 1. The third-order valence-corrected chi connectivity index (χ3v) is 4.91. The molecule has 6 heteroatoms. The van der Waals surface area contributed by atoms with Gasteiger partial charge in [0.15, 0.2) is 5.76 Å². The first-order valence-electron chi connectivity index (χ1n) is 9.79. The molecule has 1 aromatic carbocycles. The van der Waals surface area contributed by atoms with Gasteiger partial charge in [0.25, 0.3) is 5.91 Å². The number of rotatable bonds is 8. The molecule has 0 atom stereocenters. The zero-order chi connectivity index (χ0) is 20.3. The van der Waals surface area contributed by atoms with E-state index in [0.29, 0.717) is 18.2 Å². The molecule has 2 aromatic rings. The molecule has 0 saturated heterocycles. The fourth-order valence-electron chi connectivity index (χ4n) is 3.24. The molecule has 1 N–H and O–H groups in total. The molecule has 1 heterocycles. The lowest BCUT2D eigenvalue weighted by molar-refractivity contribution is -0.135. The molecule has 2 amide bonds. The fourth-order valence-corrected chi connectivity index (χ4v) is 3.24. The first kappa shape index (κ1) is 20.0. The summed E-state index contributed by atoms with van der Waals surface area (Å²) in [5.41, 5.74) is 2.73. The molecular weight excluding hydrogens is 354 g/mol. The Hall–Kier alpha value is -2.76. The molecule has 0 radical (unpaired) electrons. The molecule has 6 nitrogen and oxygen atoms in total. The second-order valence-corrected chi connectivity index (χ2v) is 7.99. The molecule has 1 fully saturated rings. The van der Waals surface area contributed by atoms with E-state index >= 15 is 0 Å². The van der Waals surface area contributed by atoms with Crippen molar-refractivity contribution < 1.29 is 14.0 Å². The van der Waals surface area contributed by atoms with Crippen LogP contribution in [-0.4, -0.2) is 37.4 Å². The predicted molar refractivity (Wildman–Crippen MR) is 110 cm³/mol. The summed E-state index contributed by atoms with van der Waals surface area (Å²) < 4.78 is 5.16. The number of benzene rings is 1. The number of amides is 2. The summed E-state index contributed by atoms with van der Waals surface area (Å²) in [7, 11) is 3.96. The Kier molecular flexibility index (Phi) is 6.07. The maximum atomic E-state index is 12.7. The van der Waals surface area contributed by atoms with Gasteiger partial charge in [0.2, 0.25) is 5.91 Å². The van der Waals surface area contributed by atoms with E-state index in [1.54, 1.807) is 12.1 Å². The highest BCUT2D eigenvalue weighted by molar-refractivity contribution is 6.02. The number of carbonyl (C=O) groups excluding carboxylic acids is 2. The fraction of sp³-hybridized carbons (Fsp3) is 0.455. The summed E-state index contributed by atoms with van der Waals surface area (Å²) in [4.78, 5) is 29.0. The van der Waals surface area contributed by atoms with Crippen LogP contribution >= 0.6 is 0 Å². The molecule has 1 saturated carbocycles. The van der Waals surface area contributed by atoms with E-state index in [1.165, 1.54) is 19.1 Å². The Morgan fingerprint density at radius 2 is 1.96 bits per heavy atom. The summed E-state index contributed by atoms with van der Waals surface area (Å²) in [5, 5.41) is 2.87. The van der Waals surface area contributed by atoms with Gasteiger partial charge in [0, 0.05) is 44.5 Å². The van der Waals surface area contributed by atoms with Gasteiger partial charge < -0.3 is 19.5 Å². The second-order valence-electron chi connectivity index (χ2n) is 7.99. The van der Waals surface area contributed by atoms with Crippen molar-refractivity contribution in [2.24, 2.45) is 11.8 Å². The minimum Gasteiger partial charge on any atom is -0.459 e. The van der Waals surface area contributed by atoms with E-state index in [0.717, 1.165) is 17.8 Å². The van der Waals surface area contributed by atoms with Crippen LogP contribution in [0.3, 0.4) is 0 Å². The summed E-state index contributed by atoms with van der Waals surface area (Å²) in [6, 6.07) is 9.10. The van der Waals surface area contributed by atoms with Crippen molar-refractivity contribution in [2.45, 2.75) is 33.2 Å². The summed E-state index contributed by atoms with van der Waals surface area (Å²) in [6.45, 7) is 5.21. The Labute approximate surface area is 166 Å². The zero-order valence-electron chi connectivity index (χ0n) is 17.1. The number of anilines is 2. The molecule has 150 valence electrons. The Morgan fingerprint density at radius 3 is 2.54 bits per heavy atom. The van der Waals surface area contributed by atoms with Crippen molar-refractivity contribution >= 4 is 23.2 Å². The van der Waals surface area contributed by atoms with E-state index < -0.39 is 0 Å². The first-order valence-corrected chi connectivity index (χ1v) is 9.79. The van der Waals surface area contributed by atoms with E-state index in [9.17, 15) is 9.59 Å². The van der Waals surface area contributed by atoms with E-state index in [-0.39, 0.29) is 23.5 Å². The zero-order valence-corrected chi connectivity index (χ0v) is 17.1. The van der Waals surface area contributed by atoms with Crippen molar-refractivity contribution in [2.75, 3.05) is 30.9 Å². The number of furan rings is 1. The smallest absolute Gasteiger partial charge is 0.291 e. The second kappa shape index (κ2) is 8.50. The van der Waals surface area contributed by atoms with Crippen LogP contribution in [0.15, 0.2) is 41.0 Å². The van der Waals surface area contributed by atoms with Crippen molar-refractivity contribution in [3.8, 4) is 0 Å². The monoisotopic (exact) mass is 383 g/mol. The van der Waals surface area contributed by atoms with E-state index in [2.05, 4.69) is 5.32 Å². The van der Waals surface area contributed by atoms with Gasteiger partial charge in [0.1, 0.15) is 0 Å². The molecule has 1 aliphatic carbocycles.